The van der Waals surface area contributed by atoms with E-state index in [1.165, 1.54) is 11.6 Å². The molecule has 0 fully saturated rings. The van der Waals surface area contributed by atoms with Gasteiger partial charge in [-0.2, -0.15) is 0 Å². The molecule has 2 aromatic rings. The van der Waals surface area contributed by atoms with Crippen LogP contribution in [0.1, 0.15) is 17.2 Å². The Morgan fingerprint density at radius 1 is 1.25 bits per heavy atom. The van der Waals surface area contributed by atoms with Crippen molar-refractivity contribution in [1.29, 1.82) is 0 Å². The number of hydrogen-bond acceptors (Lipinski definition) is 2. The zero-order valence-electron chi connectivity index (χ0n) is 11.0. The summed E-state index contributed by atoms with van der Waals surface area (Å²) in [6.07, 6.45) is 0.941. The summed E-state index contributed by atoms with van der Waals surface area (Å²) in [5, 5.41) is 0. The molecular formula is C16H16BrFN2. The van der Waals surface area contributed by atoms with Gasteiger partial charge in [-0.05, 0) is 35.7 Å². The van der Waals surface area contributed by atoms with E-state index in [1.54, 1.807) is 6.07 Å². The Bertz CT molecular complexity index is 630. The predicted octanol–water partition coefficient (Wildman–Crippen LogP) is 3.65. The van der Waals surface area contributed by atoms with Gasteiger partial charge in [0, 0.05) is 23.2 Å². The molecule has 1 unspecified atom stereocenters. The molecule has 4 heteroatoms. The molecule has 0 aliphatic carbocycles. The smallest absolute Gasteiger partial charge is 0.125 e. The highest BCUT2D eigenvalue weighted by Gasteiger charge is 2.27. The number of benzene rings is 2. The monoisotopic (exact) mass is 334 g/mol. The topological polar surface area (TPSA) is 29.3 Å². The first-order valence-corrected chi connectivity index (χ1v) is 7.49. The molecule has 1 aliphatic rings. The molecule has 0 aromatic heterocycles. The predicted molar refractivity (Wildman–Crippen MR) is 83.4 cm³/mol. The average Bonchev–Trinajstić information content (AvgIpc) is 2.85. The maximum Gasteiger partial charge on any atom is 0.125 e. The van der Waals surface area contributed by atoms with Crippen LogP contribution in [0, 0.1) is 5.82 Å². The molecule has 1 aliphatic heterocycles. The fourth-order valence-corrected chi connectivity index (χ4v) is 3.42. The van der Waals surface area contributed by atoms with Gasteiger partial charge in [0.05, 0.1) is 6.04 Å². The maximum absolute atomic E-state index is 13.5. The van der Waals surface area contributed by atoms with Crippen LogP contribution in [0.15, 0.2) is 46.9 Å². The van der Waals surface area contributed by atoms with Crippen molar-refractivity contribution < 1.29 is 4.39 Å². The van der Waals surface area contributed by atoms with Gasteiger partial charge in [0.2, 0.25) is 0 Å². The van der Waals surface area contributed by atoms with Crippen LogP contribution in [-0.2, 0) is 6.42 Å². The van der Waals surface area contributed by atoms with Crippen LogP contribution in [-0.4, -0.2) is 13.1 Å². The summed E-state index contributed by atoms with van der Waals surface area (Å²) in [4.78, 5) is 2.21. The number of fused-ring (bicyclic) bond motifs is 1. The number of rotatable bonds is 3. The van der Waals surface area contributed by atoms with Crippen LogP contribution in [0.3, 0.4) is 0 Å². The minimum Gasteiger partial charge on any atom is -0.363 e. The average molecular weight is 335 g/mol. The zero-order chi connectivity index (χ0) is 14.1. The molecule has 20 heavy (non-hydrogen) atoms. The minimum absolute atomic E-state index is 0.0635. The van der Waals surface area contributed by atoms with Gasteiger partial charge in [0.15, 0.2) is 0 Å². The second kappa shape index (κ2) is 5.54. The molecule has 104 valence electrons. The quantitative estimate of drug-likeness (QED) is 0.928. The summed E-state index contributed by atoms with van der Waals surface area (Å²) < 4.78 is 14.6. The summed E-state index contributed by atoms with van der Waals surface area (Å²) in [5.74, 6) is -0.196. The summed E-state index contributed by atoms with van der Waals surface area (Å²) in [6, 6.07) is 13.1. The summed E-state index contributed by atoms with van der Waals surface area (Å²) in [5.41, 5.74) is 9.30. The largest absolute Gasteiger partial charge is 0.363 e. The van der Waals surface area contributed by atoms with Crippen molar-refractivity contribution in [1.82, 2.24) is 0 Å². The second-order valence-electron chi connectivity index (χ2n) is 4.99. The fraction of sp³-hybridized carbons (Fsp3) is 0.250. The highest BCUT2D eigenvalue weighted by molar-refractivity contribution is 9.10. The summed E-state index contributed by atoms with van der Waals surface area (Å²) in [7, 11) is 0. The maximum atomic E-state index is 13.5. The van der Waals surface area contributed by atoms with Crippen LogP contribution in [0.25, 0.3) is 0 Å². The molecule has 2 aromatic carbocycles. The van der Waals surface area contributed by atoms with Gasteiger partial charge in [-0.15, -0.1) is 0 Å². The Morgan fingerprint density at radius 2 is 2.05 bits per heavy atom. The fourth-order valence-electron chi connectivity index (χ4n) is 2.87. The van der Waals surface area contributed by atoms with Crippen LogP contribution >= 0.6 is 15.9 Å². The first-order chi connectivity index (χ1) is 9.70. The van der Waals surface area contributed by atoms with E-state index in [0.717, 1.165) is 28.7 Å². The van der Waals surface area contributed by atoms with E-state index in [2.05, 4.69) is 26.9 Å². The van der Waals surface area contributed by atoms with Gasteiger partial charge in [-0.1, -0.05) is 40.2 Å². The van der Waals surface area contributed by atoms with Crippen molar-refractivity contribution in [2.24, 2.45) is 5.73 Å². The SMILES string of the molecule is NCC(c1ccccc1Br)N1CCc2ccc(F)cc21. The number of anilines is 1. The Labute approximate surface area is 126 Å². The molecule has 0 spiro atoms. The Morgan fingerprint density at radius 3 is 2.80 bits per heavy atom. The zero-order valence-corrected chi connectivity index (χ0v) is 12.6. The van der Waals surface area contributed by atoms with Crippen LogP contribution in [0.4, 0.5) is 10.1 Å². The van der Waals surface area contributed by atoms with E-state index in [1.807, 2.05) is 24.3 Å². The van der Waals surface area contributed by atoms with Gasteiger partial charge in [-0.3, -0.25) is 0 Å². The lowest BCUT2D eigenvalue weighted by Crippen LogP contribution is -2.32. The van der Waals surface area contributed by atoms with Gasteiger partial charge in [0.1, 0.15) is 5.82 Å². The van der Waals surface area contributed by atoms with Crippen molar-refractivity contribution in [3.8, 4) is 0 Å². The molecule has 0 saturated carbocycles. The Hall–Kier alpha value is -1.39. The number of hydrogen-bond donors (Lipinski definition) is 1. The molecule has 1 atom stereocenters. The van der Waals surface area contributed by atoms with Gasteiger partial charge in [-0.25, -0.2) is 4.39 Å². The van der Waals surface area contributed by atoms with E-state index in [-0.39, 0.29) is 11.9 Å². The second-order valence-corrected chi connectivity index (χ2v) is 5.84. The molecule has 1 heterocycles. The van der Waals surface area contributed by atoms with Gasteiger partial charge in [0.25, 0.3) is 0 Å². The van der Waals surface area contributed by atoms with Crippen LogP contribution in [0.5, 0.6) is 0 Å². The molecule has 0 radical (unpaired) electrons. The minimum atomic E-state index is -0.196. The Kier molecular flexibility index (Phi) is 3.76. The van der Waals surface area contributed by atoms with Crippen molar-refractivity contribution in [2.45, 2.75) is 12.5 Å². The summed E-state index contributed by atoms with van der Waals surface area (Å²) in [6.45, 7) is 1.38. The third-order valence-corrected chi connectivity index (χ3v) is 4.56. The summed E-state index contributed by atoms with van der Waals surface area (Å²) >= 11 is 3.58. The lowest BCUT2D eigenvalue weighted by atomic mass is 10.1. The van der Waals surface area contributed by atoms with E-state index in [0.29, 0.717) is 6.54 Å². The molecule has 0 saturated heterocycles. The Balaban J connectivity index is 2.01. The number of nitrogens with two attached hydrogens (primary N) is 1. The molecule has 2 nitrogen and oxygen atoms in total. The van der Waals surface area contributed by atoms with Gasteiger partial charge >= 0.3 is 0 Å². The van der Waals surface area contributed by atoms with Crippen molar-refractivity contribution >= 4 is 21.6 Å². The molecular weight excluding hydrogens is 319 g/mol. The van der Waals surface area contributed by atoms with E-state index in [4.69, 9.17) is 5.73 Å². The van der Waals surface area contributed by atoms with Crippen LogP contribution < -0.4 is 10.6 Å². The third-order valence-electron chi connectivity index (χ3n) is 3.84. The number of nitrogens with zero attached hydrogens (tertiary/aromatic N) is 1. The first kappa shape index (κ1) is 13.6. The first-order valence-electron chi connectivity index (χ1n) is 6.70. The van der Waals surface area contributed by atoms with E-state index < -0.39 is 0 Å². The van der Waals surface area contributed by atoms with Crippen molar-refractivity contribution in [3.63, 3.8) is 0 Å². The lowest BCUT2D eigenvalue weighted by Gasteiger charge is -2.30. The highest BCUT2D eigenvalue weighted by atomic mass is 79.9. The lowest BCUT2D eigenvalue weighted by molar-refractivity contribution is 0.621. The van der Waals surface area contributed by atoms with Crippen LogP contribution in [0.2, 0.25) is 0 Å². The standard InChI is InChI=1S/C16H16BrFN2/c17-14-4-2-1-3-13(14)16(10-19)20-8-7-11-5-6-12(18)9-15(11)20/h1-6,9,16H,7-8,10,19H2. The molecule has 0 amide bonds. The highest BCUT2D eigenvalue weighted by Crippen LogP contribution is 2.37. The van der Waals surface area contributed by atoms with Crippen molar-refractivity contribution in [3.05, 3.63) is 63.9 Å². The molecule has 3 rings (SSSR count). The van der Waals surface area contributed by atoms with Gasteiger partial charge < -0.3 is 10.6 Å². The van der Waals surface area contributed by atoms with E-state index >= 15 is 0 Å². The molecule has 2 N–H and O–H groups in total. The van der Waals surface area contributed by atoms with Crippen molar-refractivity contribution in [2.75, 3.05) is 18.0 Å². The normalized spacial score (nSPS) is 15.2. The van der Waals surface area contributed by atoms with E-state index in [9.17, 15) is 4.39 Å². The number of halogens is 2. The third kappa shape index (κ3) is 2.34. The molecule has 0 bridgehead atoms.